The van der Waals surface area contributed by atoms with Gasteiger partial charge in [-0.3, -0.25) is 0 Å². The number of aryl methyl sites for hydroxylation is 1. The maximum Gasteiger partial charge on any atom is 0.216 e. The van der Waals surface area contributed by atoms with Crippen LogP contribution in [-0.4, -0.2) is 26.2 Å². The summed E-state index contributed by atoms with van der Waals surface area (Å²) in [7, 11) is 0. The second-order valence-corrected chi connectivity index (χ2v) is 6.01. The van der Waals surface area contributed by atoms with Gasteiger partial charge < -0.3 is 5.11 Å². The molecule has 1 aromatic heterocycles. The summed E-state index contributed by atoms with van der Waals surface area (Å²) in [4.78, 5) is 0. The van der Waals surface area contributed by atoms with Gasteiger partial charge in [0.1, 0.15) is 5.75 Å². The second-order valence-electron chi connectivity index (χ2n) is 5.63. The van der Waals surface area contributed by atoms with E-state index in [2.05, 4.69) is 21.9 Å². The number of rotatable bonds is 5. The summed E-state index contributed by atoms with van der Waals surface area (Å²) in [6.07, 6.45) is 3.91. The van der Waals surface area contributed by atoms with Crippen LogP contribution in [-0.2, 0) is 6.42 Å². The van der Waals surface area contributed by atoms with Crippen LogP contribution in [0.25, 0.3) is 11.4 Å². The minimum Gasteiger partial charge on any atom is -0.507 e. The average Bonchev–Trinajstić information content (AvgIpc) is 2.97. The highest BCUT2D eigenvalue weighted by atomic mass is 32.1. The number of nitrogens with zero attached hydrogens (tertiary/aromatic N) is 3. The monoisotopic (exact) mass is 350 g/mol. The Labute approximate surface area is 151 Å². The summed E-state index contributed by atoms with van der Waals surface area (Å²) in [6, 6.07) is 13.5. The first-order chi connectivity index (χ1) is 12.1. The van der Waals surface area contributed by atoms with Crippen molar-refractivity contribution in [2.75, 3.05) is 0 Å². The van der Waals surface area contributed by atoms with Crippen molar-refractivity contribution < 1.29 is 5.11 Å². The number of hydrogen-bond acceptors (Lipinski definition) is 4. The summed E-state index contributed by atoms with van der Waals surface area (Å²) >= 11 is 5.28. The minimum atomic E-state index is 0.193. The van der Waals surface area contributed by atoms with E-state index in [1.165, 1.54) is 0 Å². The molecule has 0 atom stereocenters. The fourth-order valence-corrected chi connectivity index (χ4v) is 2.70. The molecule has 0 aliphatic heterocycles. The summed E-state index contributed by atoms with van der Waals surface area (Å²) in [5.74, 6) is 0.810. The molecule has 0 amide bonds. The largest absolute Gasteiger partial charge is 0.507 e. The molecule has 0 unspecified atom stereocenters. The Hall–Kier alpha value is -2.99. The number of aromatic amines is 1. The molecule has 0 aliphatic carbocycles. The molecule has 0 aliphatic rings. The smallest absolute Gasteiger partial charge is 0.216 e. The number of para-hydroxylation sites is 1. The maximum absolute atomic E-state index is 10.3. The molecule has 0 saturated carbocycles. The number of phenols is 1. The summed E-state index contributed by atoms with van der Waals surface area (Å²) in [5.41, 5.74) is 3.44. The van der Waals surface area contributed by atoms with Crippen LogP contribution in [0.4, 0.5) is 0 Å². The fourth-order valence-electron chi connectivity index (χ4n) is 2.53. The normalized spacial score (nSPS) is 11.1. The first-order valence-corrected chi connectivity index (χ1v) is 8.21. The molecule has 3 aromatic rings. The highest BCUT2D eigenvalue weighted by molar-refractivity contribution is 7.71. The number of allylic oxidation sites excluding steroid dienone is 1. The van der Waals surface area contributed by atoms with Crippen LogP contribution in [0.2, 0.25) is 0 Å². The molecule has 0 saturated heterocycles. The summed E-state index contributed by atoms with van der Waals surface area (Å²) in [5, 5.41) is 21.8. The number of H-pyrrole nitrogens is 1. The molecule has 1 heterocycles. The van der Waals surface area contributed by atoms with E-state index in [0.717, 1.165) is 16.7 Å². The number of aromatic hydroxyl groups is 1. The summed E-state index contributed by atoms with van der Waals surface area (Å²) < 4.78 is 1.93. The Kier molecular flexibility index (Phi) is 4.90. The average molecular weight is 350 g/mol. The quantitative estimate of drug-likeness (QED) is 0.411. The lowest BCUT2D eigenvalue weighted by Crippen LogP contribution is -1.96. The molecule has 2 N–H and O–H groups in total. The van der Waals surface area contributed by atoms with Crippen LogP contribution < -0.4 is 0 Å². The zero-order valence-electron chi connectivity index (χ0n) is 13.8. The van der Waals surface area contributed by atoms with Gasteiger partial charge in [0, 0.05) is 11.1 Å². The molecule has 3 rings (SSSR count). The maximum atomic E-state index is 10.3. The Morgan fingerprint density at radius 2 is 2.12 bits per heavy atom. The van der Waals surface area contributed by atoms with Crippen molar-refractivity contribution in [3.8, 4) is 17.1 Å². The Bertz CT molecular complexity index is 1000. The topological polar surface area (TPSA) is 66.2 Å². The van der Waals surface area contributed by atoms with Gasteiger partial charge in [-0.05, 0) is 43.3 Å². The second kappa shape index (κ2) is 7.27. The molecule has 126 valence electrons. The van der Waals surface area contributed by atoms with Gasteiger partial charge in [0.25, 0.3) is 0 Å². The van der Waals surface area contributed by atoms with Crippen molar-refractivity contribution >= 4 is 18.4 Å². The van der Waals surface area contributed by atoms with E-state index >= 15 is 0 Å². The predicted octanol–water partition coefficient (Wildman–Crippen LogP) is 4.23. The number of phenolic OH excluding ortho intramolecular Hbond substituents is 1. The van der Waals surface area contributed by atoms with Crippen LogP contribution in [0.15, 0.2) is 60.2 Å². The van der Waals surface area contributed by atoms with Gasteiger partial charge in [0.05, 0.1) is 6.21 Å². The van der Waals surface area contributed by atoms with E-state index in [4.69, 9.17) is 12.2 Å². The van der Waals surface area contributed by atoms with Crippen LogP contribution in [0.5, 0.6) is 5.75 Å². The van der Waals surface area contributed by atoms with Crippen LogP contribution in [0.3, 0.4) is 0 Å². The van der Waals surface area contributed by atoms with Gasteiger partial charge >= 0.3 is 0 Å². The molecular weight excluding hydrogens is 332 g/mol. The van der Waals surface area contributed by atoms with E-state index in [9.17, 15) is 5.11 Å². The Morgan fingerprint density at radius 3 is 2.88 bits per heavy atom. The Morgan fingerprint density at radius 1 is 1.32 bits per heavy atom. The molecule has 6 heteroatoms. The SMILES string of the molecule is C=CCc1cccc(/C=N/n2c(-c3cccc(C)c3)n[nH]c2=S)c1O. The minimum absolute atomic E-state index is 0.193. The first kappa shape index (κ1) is 16.9. The summed E-state index contributed by atoms with van der Waals surface area (Å²) in [6.45, 7) is 5.72. The lowest BCUT2D eigenvalue weighted by Gasteiger charge is -2.05. The van der Waals surface area contributed by atoms with E-state index in [0.29, 0.717) is 22.6 Å². The molecule has 0 spiro atoms. The van der Waals surface area contributed by atoms with Crippen molar-refractivity contribution in [1.82, 2.24) is 14.9 Å². The highest BCUT2D eigenvalue weighted by Crippen LogP contribution is 2.22. The molecule has 0 radical (unpaired) electrons. The van der Waals surface area contributed by atoms with E-state index < -0.39 is 0 Å². The molecule has 25 heavy (non-hydrogen) atoms. The van der Waals surface area contributed by atoms with Crippen molar-refractivity contribution in [1.29, 1.82) is 0 Å². The van der Waals surface area contributed by atoms with Crippen molar-refractivity contribution in [2.45, 2.75) is 13.3 Å². The molecule has 0 fully saturated rings. The lowest BCUT2D eigenvalue weighted by atomic mass is 10.1. The van der Waals surface area contributed by atoms with Gasteiger partial charge in [-0.2, -0.15) is 14.9 Å². The molecule has 0 bridgehead atoms. The van der Waals surface area contributed by atoms with Gasteiger partial charge in [-0.1, -0.05) is 42.0 Å². The number of nitrogens with one attached hydrogen (secondary N) is 1. The number of aromatic nitrogens is 3. The van der Waals surface area contributed by atoms with Crippen molar-refractivity contribution in [3.63, 3.8) is 0 Å². The number of hydrogen-bond donors (Lipinski definition) is 2. The third-order valence-corrected chi connectivity index (χ3v) is 4.02. The van der Waals surface area contributed by atoms with Gasteiger partial charge in [0.15, 0.2) is 5.82 Å². The van der Waals surface area contributed by atoms with E-state index in [1.54, 1.807) is 23.0 Å². The third-order valence-electron chi connectivity index (χ3n) is 3.75. The molecule has 2 aromatic carbocycles. The van der Waals surface area contributed by atoms with E-state index in [1.807, 2.05) is 43.3 Å². The van der Waals surface area contributed by atoms with Crippen molar-refractivity contribution in [3.05, 3.63) is 76.6 Å². The van der Waals surface area contributed by atoms with Crippen LogP contribution in [0, 0.1) is 11.7 Å². The van der Waals surface area contributed by atoms with Gasteiger partial charge in [0.2, 0.25) is 4.77 Å². The number of benzene rings is 2. The molecular formula is C19H18N4OS. The van der Waals surface area contributed by atoms with Crippen LogP contribution in [0.1, 0.15) is 16.7 Å². The lowest BCUT2D eigenvalue weighted by molar-refractivity contribution is 0.469. The first-order valence-electron chi connectivity index (χ1n) is 7.80. The zero-order valence-corrected chi connectivity index (χ0v) is 14.6. The van der Waals surface area contributed by atoms with Gasteiger partial charge in [-0.15, -0.1) is 6.58 Å². The Balaban J connectivity index is 2.01. The third kappa shape index (κ3) is 3.59. The standard InChI is InChI=1S/C19H18N4OS/c1-3-6-14-8-5-10-16(17(14)24)12-20-23-18(21-22-19(23)25)15-9-4-7-13(2)11-15/h3-5,7-12,24H,1,6H2,2H3,(H,22,25)/b20-12+. The molecule has 5 nitrogen and oxygen atoms in total. The fraction of sp³-hybridized carbons (Fsp3) is 0.105. The predicted molar refractivity (Wildman–Crippen MR) is 103 cm³/mol. The van der Waals surface area contributed by atoms with Crippen LogP contribution >= 0.6 is 12.2 Å². The van der Waals surface area contributed by atoms with Gasteiger partial charge in [-0.25, -0.2) is 5.10 Å². The van der Waals surface area contributed by atoms with E-state index in [-0.39, 0.29) is 5.75 Å². The highest BCUT2D eigenvalue weighted by Gasteiger charge is 2.09. The zero-order chi connectivity index (χ0) is 17.8. The van der Waals surface area contributed by atoms with Crippen molar-refractivity contribution in [2.24, 2.45) is 5.10 Å².